The van der Waals surface area contributed by atoms with E-state index in [4.69, 9.17) is 16.7 Å². The Morgan fingerprint density at radius 2 is 2.06 bits per heavy atom. The Hall–Kier alpha value is -2.07. The van der Waals surface area contributed by atoms with Gasteiger partial charge in [-0.25, -0.2) is 9.48 Å². The summed E-state index contributed by atoms with van der Waals surface area (Å²) in [5, 5.41) is 13.3. The van der Waals surface area contributed by atoms with Crippen molar-refractivity contribution in [2.75, 3.05) is 0 Å². The van der Waals surface area contributed by atoms with Crippen LogP contribution in [0.25, 0.3) is 11.8 Å². The molecule has 0 atom stereocenters. The number of hydrogen-bond donors (Lipinski definition) is 1. The van der Waals surface area contributed by atoms with Crippen molar-refractivity contribution in [2.45, 2.75) is 6.92 Å². The predicted molar refractivity (Wildman–Crippen MR) is 70.0 cm³/mol. The molecule has 1 aromatic carbocycles. The van der Waals surface area contributed by atoms with E-state index in [-0.39, 0.29) is 0 Å². The van der Waals surface area contributed by atoms with Gasteiger partial charge in [0.1, 0.15) is 5.15 Å². The summed E-state index contributed by atoms with van der Waals surface area (Å²) in [6.45, 7) is 1.78. The van der Waals surface area contributed by atoms with Gasteiger partial charge in [0.15, 0.2) is 0 Å². The van der Waals surface area contributed by atoms with Crippen LogP contribution in [0.2, 0.25) is 5.15 Å². The quantitative estimate of drug-likeness (QED) is 0.866. The van der Waals surface area contributed by atoms with Crippen molar-refractivity contribution in [3.8, 4) is 5.69 Å². The molecule has 1 aromatic heterocycles. The molecular formula is C13H11ClN2O2. The van der Waals surface area contributed by atoms with Crippen molar-refractivity contribution in [3.05, 3.63) is 52.8 Å². The first kappa shape index (κ1) is 12.4. The summed E-state index contributed by atoms with van der Waals surface area (Å²) in [7, 11) is 0. The van der Waals surface area contributed by atoms with Gasteiger partial charge in [-0.3, -0.25) is 0 Å². The molecule has 2 aromatic rings. The van der Waals surface area contributed by atoms with Gasteiger partial charge in [0, 0.05) is 11.6 Å². The number of benzene rings is 1. The molecule has 0 saturated carbocycles. The second-order valence-corrected chi connectivity index (χ2v) is 4.07. The minimum absolute atomic E-state index is 0.399. The van der Waals surface area contributed by atoms with Crippen LogP contribution in [-0.2, 0) is 4.79 Å². The van der Waals surface area contributed by atoms with Gasteiger partial charge in [-0.2, -0.15) is 5.10 Å². The Labute approximate surface area is 109 Å². The molecule has 0 amide bonds. The fraction of sp³-hybridized carbons (Fsp3) is 0.0769. The van der Waals surface area contributed by atoms with Crippen LogP contribution in [0.15, 0.2) is 36.4 Å². The third kappa shape index (κ3) is 2.43. The second-order valence-electron chi connectivity index (χ2n) is 3.71. The standard InChI is InChI=1S/C13H11ClN2O2/c1-9-11(7-8-12(17)18)13(14)16(15-9)10-5-3-2-4-6-10/h2-8H,1H3,(H,17,18)/b8-7-. The molecular weight excluding hydrogens is 252 g/mol. The Kier molecular flexibility index (Phi) is 3.48. The largest absolute Gasteiger partial charge is 0.478 e. The molecule has 92 valence electrons. The average molecular weight is 263 g/mol. The molecule has 0 aliphatic rings. The highest BCUT2D eigenvalue weighted by Gasteiger charge is 2.12. The molecule has 0 spiro atoms. The molecule has 0 radical (unpaired) electrons. The SMILES string of the molecule is Cc1nn(-c2ccccc2)c(Cl)c1/C=C\C(=O)O. The van der Waals surface area contributed by atoms with Crippen LogP contribution in [0.5, 0.6) is 0 Å². The first-order chi connectivity index (χ1) is 8.59. The van der Waals surface area contributed by atoms with Gasteiger partial charge >= 0.3 is 5.97 Å². The second kappa shape index (κ2) is 5.06. The maximum Gasteiger partial charge on any atom is 0.328 e. The van der Waals surface area contributed by atoms with Crippen molar-refractivity contribution in [3.63, 3.8) is 0 Å². The summed E-state index contributed by atoms with van der Waals surface area (Å²) in [6.07, 6.45) is 2.50. The number of halogens is 1. The molecule has 0 aliphatic heterocycles. The van der Waals surface area contributed by atoms with Crippen LogP contribution in [0.1, 0.15) is 11.3 Å². The highest BCUT2D eigenvalue weighted by molar-refractivity contribution is 6.31. The summed E-state index contributed by atoms with van der Waals surface area (Å²) in [5.74, 6) is -1.02. The Morgan fingerprint density at radius 1 is 1.39 bits per heavy atom. The van der Waals surface area contributed by atoms with Crippen LogP contribution in [0.4, 0.5) is 0 Å². The number of nitrogens with zero attached hydrogens (tertiary/aromatic N) is 2. The molecule has 0 saturated heterocycles. The van der Waals surface area contributed by atoms with E-state index >= 15 is 0 Å². The summed E-state index contributed by atoms with van der Waals surface area (Å²) in [5.41, 5.74) is 2.13. The predicted octanol–water partition coefficient (Wildman–Crippen LogP) is 2.93. The highest BCUT2D eigenvalue weighted by atomic mass is 35.5. The molecule has 0 fully saturated rings. The lowest BCUT2D eigenvalue weighted by molar-refractivity contribution is -0.131. The Morgan fingerprint density at radius 3 is 2.67 bits per heavy atom. The zero-order valence-corrected chi connectivity index (χ0v) is 10.4. The number of carboxylic acids is 1. The number of aliphatic carboxylic acids is 1. The molecule has 1 heterocycles. The third-order valence-corrected chi connectivity index (χ3v) is 2.81. The van der Waals surface area contributed by atoms with E-state index in [0.29, 0.717) is 16.4 Å². The zero-order chi connectivity index (χ0) is 13.1. The molecule has 2 rings (SSSR count). The van der Waals surface area contributed by atoms with Crippen LogP contribution in [0, 0.1) is 6.92 Å². The fourth-order valence-corrected chi connectivity index (χ4v) is 1.93. The molecule has 5 heteroatoms. The maximum absolute atomic E-state index is 10.5. The van der Waals surface area contributed by atoms with Gasteiger partial charge in [-0.1, -0.05) is 29.8 Å². The summed E-state index contributed by atoms with van der Waals surface area (Å²) >= 11 is 6.20. The fourth-order valence-electron chi connectivity index (χ4n) is 1.60. The lowest BCUT2D eigenvalue weighted by Gasteiger charge is -2.01. The summed E-state index contributed by atoms with van der Waals surface area (Å²) in [6, 6.07) is 9.43. The number of carbonyl (C=O) groups is 1. The average Bonchev–Trinajstić information content (AvgIpc) is 2.63. The topological polar surface area (TPSA) is 55.1 Å². The number of carboxylic acid groups (broad SMARTS) is 1. The molecule has 18 heavy (non-hydrogen) atoms. The third-order valence-electron chi connectivity index (χ3n) is 2.44. The number of rotatable bonds is 3. The lowest BCUT2D eigenvalue weighted by Crippen LogP contribution is -1.95. The van der Waals surface area contributed by atoms with Gasteiger partial charge in [0.25, 0.3) is 0 Å². The van der Waals surface area contributed by atoms with E-state index in [1.54, 1.807) is 11.6 Å². The van der Waals surface area contributed by atoms with E-state index in [1.165, 1.54) is 6.08 Å². The van der Waals surface area contributed by atoms with E-state index in [0.717, 1.165) is 11.8 Å². The minimum Gasteiger partial charge on any atom is -0.478 e. The van der Waals surface area contributed by atoms with Crippen LogP contribution in [0.3, 0.4) is 0 Å². The molecule has 0 aliphatic carbocycles. The van der Waals surface area contributed by atoms with Crippen LogP contribution in [-0.4, -0.2) is 20.9 Å². The van der Waals surface area contributed by atoms with Crippen molar-refractivity contribution >= 4 is 23.6 Å². The van der Waals surface area contributed by atoms with Crippen LogP contribution >= 0.6 is 11.6 Å². The first-order valence-corrected chi connectivity index (χ1v) is 5.69. The first-order valence-electron chi connectivity index (χ1n) is 5.31. The van der Waals surface area contributed by atoms with E-state index in [9.17, 15) is 4.79 Å². The normalized spacial score (nSPS) is 11.0. The molecule has 0 unspecified atom stereocenters. The van der Waals surface area contributed by atoms with Crippen molar-refractivity contribution in [1.29, 1.82) is 0 Å². The van der Waals surface area contributed by atoms with Gasteiger partial charge in [-0.15, -0.1) is 0 Å². The van der Waals surface area contributed by atoms with E-state index in [2.05, 4.69) is 5.10 Å². The van der Waals surface area contributed by atoms with E-state index < -0.39 is 5.97 Å². The number of para-hydroxylation sites is 1. The summed E-state index contributed by atoms with van der Waals surface area (Å²) in [4.78, 5) is 10.5. The van der Waals surface area contributed by atoms with Gasteiger partial charge in [0.05, 0.1) is 11.4 Å². The monoisotopic (exact) mass is 262 g/mol. The van der Waals surface area contributed by atoms with Crippen molar-refractivity contribution in [1.82, 2.24) is 9.78 Å². The lowest BCUT2D eigenvalue weighted by atomic mass is 10.2. The summed E-state index contributed by atoms with van der Waals surface area (Å²) < 4.78 is 1.58. The molecule has 4 nitrogen and oxygen atoms in total. The van der Waals surface area contributed by atoms with Crippen molar-refractivity contribution in [2.24, 2.45) is 0 Å². The van der Waals surface area contributed by atoms with E-state index in [1.807, 2.05) is 30.3 Å². The van der Waals surface area contributed by atoms with Gasteiger partial charge in [0.2, 0.25) is 0 Å². The zero-order valence-electron chi connectivity index (χ0n) is 9.67. The number of hydrogen-bond acceptors (Lipinski definition) is 2. The van der Waals surface area contributed by atoms with Crippen molar-refractivity contribution < 1.29 is 9.90 Å². The van der Waals surface area contributed by atoms with Gasteiger partial charge < -0.3 is 5.11 Å². The Balaban J connectivity index is 2.47. The minimum atomic E-state index is -1.02. The van der Waals surface area contributed by atoms with Gasteiger partial charge in [-0.05, 0) is 25.1 Å². The van der Waals surface area contributed by atoms with Crippen LogP contribution < -0.4 is 0 Å². The number of aryl methyl sites for hydroxylation is 1. The smallest absolute Gasteiger partial charge is 0.328 e. The molecule has 0 bridgehead atoms. The highest BCUT2D eigenvalue weighted by Crippen LogP contribution is 2.24. The maximum atomic E-state index is 10.5. The Bertz CT molecular complexity index is 603. The molecule has 1 N–H and O–H groups in total. The number of aromatic nitrogens is 2.